The number of hydrogen-bond acceptors (Lipinski definition) is 5. The summed E-state index contributed by atoms with van der Waals surface area (Å²) in [6, 6.07) is 5.36. The number of nitrogens with two attached hydrogens (primary N) is 1. The first-order valence-electron chi connectivity index (χ1n) is 7.04. The summed E-state index contributed by atoms with van der Waals surface area (Å²) in [5.74, 6) is 0.0897. The quantitative estimate of drug-likeness (QED) is 0.638. The van der Waals surface area contributed by atoms with Gasteiger partial charge in [0.1, 0.15) is 0 Å². The van der Waals surface area contributed by atoms with E-state index < -0.39 is 0 Å². The molecule has 1 aliphatic rings. The third kappa shape index (κ3) is 3.22. The highest BCUT2D eigenvalue weighted by molar-refractivity contribution is 5.98. The van der Waals surface area contributed by atoms with Crippen LogP contribution in [0.4, 0.5) is 11.4 Å². The molecule has 5 heteroatoms. The average molecular weight is 278 g/mol. The smallest absolute Gasteiger partial charge is 0.340 e. The van der Waals surface area contributed by atoms with Crippen molar-refractivity contribution in [2.45, 2.75) is 26.4 Å². The Labute approximate surface area is 119 Å². The molecule has 0 spiro atoms. The number of para-hydroxylation sites is 1. The van der Waals surface area contributed by atoms with Crippen LogP contribution in [0.5, 0.6) is 0 Å². The fraction of sp³-hybridized carbons (Fsp3) is 0.533. The Morgan fingerprint density at radius 3 is 3.00 bits per heavy atom. The molecule has 0 aliphatic carbocycles. The van der Waals surface area contributed by atoms with Gasteiger partial charge in [0.25, 0.3) is 0 Å². The first kappa shape index (κ1) is 14.7. The van der Waals surface area contributed by atoms with Gasteiger partial charge in [-0.25, -0.2) is 4.79 Å². The lowest BCUT2D eigenvalue weighted by Gasteiger charge is -2.17. The second kappa shape index (κ2) is 6.61. The van der Waals surface area contributed by atoms with E-state index in [0.717, 1.165) is 25.3 Å². The van der Waals surface area contributed by atoms with Crippen LogP contribution in [-0.4, -0.2) is 31.8 Å². The molecule has 5 nitrogen and oxygen atoms in total. The number of esters is 1. The highest BCUT2D eigenvalue weighted by Gasteiger charge is 2.24. The summed E-state index contributed by atoms with van der Waals surface area (Å²) in [6.07, 6.45) is 1.31. The van der Waals surface area contributed by atoms with Crippen LogP contribution < -0.4 is 11.1 Å². The van der Waals surface area contributed by atoms with Crippen molar-refractivity contribution in [2.24, 2.45) is 5.92 Å². The molecule has 1 aliphatic heterocycles. The van der Waals surface area contributed by atoms with Gasteiger partial charge in [0.05, 0.1) is 29.6 Å². The van der Waals surface area contributed by atoms with E-state index in [-0.39, 0.29) is 12.1 Å². The molecule has 0 amide bonds. The molecule has 2 unspecified atom stereocenters. The minimum Gasteiger partial charge on any atom is -0.462 e. The molecule has 1 aromatic carbocycles. The van der Waals surface area contributed by atoms with Crippen molar-refractivity contribution in [3.63, 3.8) is 0 Å². The van der Waals surface area contributed by atoms with Crippen molar-refractivity contribution in [1.29, 1.82) is 0 Å². The maximum atomic E-state index is 11.8. The van der Waals surface area contributed by atoms with Gasteiger partial charge in [-0.3, -0.25) is 0 Å². The van der Waals surface area contributed by atoms with Crippen molar-refractivity contribution in [1.82, 2.24) is 0 Å². The number of nitrogens with one attached hydrogen (secondary N) is 1. The first-order valence-corrected chi connectivity index (χ1v) is 7.04. The summed E-state index contributed by atoms with van der Waals surface area (Å²) < 4.78 is 10.5. The van der Waals surface area contributed by atoms with Crippen molar-refractivity contribution in [3.05, 3.63) is 23.8 Å². The number of ether oxygens (including phenoxy) is 2. The van der Waals surface area contributed by atoms with Crippen molar-refractivity contribution in [3.8, 4) is 0 Å². The summed E-state index contributed by atoms with van der Waals surface area (Å²) in [5, 5.41) is 3.31. The van der Waals surface area contributed by atoms with Gasteiger partial charge in [-0.15, -0.1) is 0 Å². The third-order valence-electron chi connectivity index (χ3n) is 3.69. The normalized spacial score (nSPS) is 21.7. The topological polar surface area (TPSA) is 73.6 Å². The number of benzene rings is 1. The maximum Gasteiger partial charge on any atom is 0.340 e. The molecule has 1 heterocycles. The summed E-state index contributed by atoms with van der Waals surface area (Å²) in [6.45, 7) is 5.80. The lowest BCUT2D eigenvalue weighted by molar-refractivity contribution is 0.0527. The summed E-state index contributed by atoms with van der Waals surface area (Å²) in [7, 11) is 0. The fourth-order valence-corrected chi connectivity index (χ4v) is 2.39. The van der Waals surface area contributed by atoms with E-state index in [9.17, 15) is 4.79 Å². The molecule has 0 bridgehead atoms. The molecule has 1 fully saturated rings. The molecule has 3 N–H and O–H groups in total. The maximum absolute atomic E-state index is 11.8. The first-order chi connectivity index (χ1) is 9.63. The van der Waals surface area contributed by atoms with Gasteiger partial charge in [-0.1, -0.05) is 6.07 Å². The second-order valence-corrected chi connectivity index (χ2v) is 4.99. The van der Waals surface area contributed by atoms with E-state index in [1.807, 2.05) is 6.07 Å². The van der Waals surface area contributed by atoms with Crippen LogP contribution in [0, 0.1) is 5.92 Å². The predicted octanol–water partition coefficient (Wildman–Crippen LogP) is 2.28. The average Bonchev–Trinajstić information content (AvgIpc) is 2.83. The SMILES string of the molecule is CCOC(=O)c1cccc(NCC2CCOC2C)c1N. The van der Waals surface area contributed by atoms with Crippen LogP contribution in [0.15, 0.2) is 18.2 Å². The highest BCUT2D eigenvalue weighted by Crippen LogP contribution is 2.26. The Bertz CT molecular complexity index is 476. The lowest BCUT2D eigenvalue weighted by Crippen LogP contribution is -2.21. The number of carbonyl (C=O) groups excluding carboxylic acids is 1. The van der Waals surface area contributed by atoms with Gasteiger partial charge in [0.2, 0.25) is 0 Å². The Balaban J connectivity index is 2.04. The summed E-state index contributed by atoms with van der Waals surface area (Å²) in [4.78, 5) is 11.8. The number of carbonyl (C=O) groups is 1. The zero-order chi connectivity index (χ0) is 14.5. The van der Waals surface area contributed by atoms with Gasteiger partial charge in [-0.05, 0) is 32.4 Å². The number of hydrogen-bond donors (Lipinski definition) is 2. The van der Waals surface area contributed by atoms with Gasteiger partial charge in [0, 0.05) is 19.1 Å². The Kier molecular flexibility index (Phi) is 4.84. The van der Waals surface area contributed by atoms with Crippen molar-refractivity contribution >= 4 is 17.3 Å². The molecule has 2 rings (SSSR count). The molecule has 110 valence electrons. The number of rotatable bonds is 5. The standard InChI is InChI=1S/C15H22N2O3/c1-3-19-15(18)12-5-4-6-13(14(12)16)17-9-11-7-8-20-10(11)2/h4-6,10-11,17H,3,7-9,16H2,1-2H3. The minimum atomic E-state index is -0.383. The van der Waals surface area contributed by atoms with Gasteiger partial charge >= 0.3 is 5.97 Å². The Hall–Kier alpha value is -1.75. The Morgan fingerprint density at radius 1 is 1.55 bits per heavy atom. The molecular weight excluding hydrogens is 256 g/mol. The minimum absolute atomic E-state index is 0.261. The zero-order valence-electron chi connectivity index (χ0n) is 12.0. The van der Waals surface area contributed by atoms with Crippen LogP contribution in [0.2, 0.25) is 0 Å². The molecule has 20 heavy (non-hydrogen) atoms. The van der Waals surface area contributed by atoms with Crippen molar-refractivity contribution < 1.29 is 14.3 Å². The molecule has 1 saturated heterocycles. The van der Waals surface area contributed by atoms with E-state index in [1.54, 1.807) is 19.1 Å². The van der Waals surface area contributed by atoms with Crippen molar-refractivity contribution in [2.75, 3.05) is 30.8 Å². The summed E-state index contributed by atoms with van der Waals surface area (Å²) >= 11 is 0. The van der Waals surface area contributed by atoms with E-state index in [4.69, 9.17) is 15.2 Å². The fourth-order valence-electron chi connectivity index (χ4n) is 2.39. The van der Waals surface area contributed by atoms with Crippen LogP contribution in [0.1, 0.15) is 30.6 Å². The molecule has 1 aromatic rings. The zero-order valence-corrected chi connectivity index (χ0v) is 12.0. The van der Waals surface area contributed by atoms with E-state index in [2.05, 4.69) is 12.2 Å². The summed E-state index contributed by atoms with van der Waals surface area (Å²) in [5.41, 5.74) is 7.66. The largest absolute Gasteiger partial charge is 0.462 e. The third-order valence-corrected chi connectivity index (χ3v) is 3.69. The van der Waals surface area contributed by atoms with E-state index >= 15 is 0 Å². The number of nitrogen functional groups attached to an aromatic ring is 1. The molecule has 2 atom stereocenters. The van der Waals surface area contributed by atoms with Gasteiger partial charge < -0.3 is 20.5 Å². The highest BCUT2D eigenvalue weighted by atomic mass is 16.5. The van der Waals surface area contributed by atoms with Crippen LogP contribution in [0.25, 0.3) is 0 Å². The van der Waals surface area contributed by atoms with Crippen LogP contribution in [0.3, 0.4) is 0 Å². The van der Waals surface area contributed by atoms with E-state index in [0.29, 0.717) is 23.8 Å². The van der Waals surface area contributed by atoms with Crippen LogP contribution in [-0.2, 0) is 9.47 Å². The molecule has 0 saturated carbocycles. The Morgan fingerprint density at radius 2 is 2.35 bits per heavy atom. The lowest BCUT2D eigenvalue weighted by atomic mass is 10.0. The predicted molar refractivity (Wildman–Crippen MR) is 78.8 cm³/mol. The second-order valence-electron chi connectivity index (χ2n) is 4.99. The van der Waals surface area contributed by atoms with Gasteiger partial charge in [0.15, 0.2) is 0 Å². The molecular formula is C15H22N2O3. The van der Waals surface area contributed by atoms with E-state index in [1.165, 1.54) is 0 Å². The molecule has 0 aromatic heterocycles. The van der Waals surface area contributed by atoms with Gasteiger partial charge in [-0.2, -0.15) is 0 Å². The van der Waals surface area contributed by atoms with Crippen LogP contribution >= 0.6 is 0 Å². The molecule has 0 radical (unpaired) electrons. The monoisotopic (exact) mass is 278 g/mol. The number of anilines is 2.